The summed E-state index contributed by atoms with van der Waals surface area (Å²) in [7, 11) is 3.29. The lowest BCUT2D eigenvalue weighted by molar-refractivity contribution is 0.0816. The van der Waals surface area contributed by atoms with Crippen LogP contribution in [0.5, 0.6) is 0 Å². The van der Waals surface area contributed by atoms with Crippen LogP contribution in [0.4, 0.5) is 5.69 Å². The van der Waals surface area contributed by atoms with E-state index in [0.29, 0.717) is 23.8 Å². The van der Waals surface area contributed by atoms with Gasteiger partial charge >= 0.3 is 0 Å². The number of hydrogen-bond acceptors (Lipinski definition) is 7. The van der Waals surface area contributed by atoms with Crippen LogP contribution < -0.4 is 5.32 Å². The molecule has 0 unspecified atom stereocenters. The number of amides is 2. The highest BCUT2D eigenvalue weighted by Crippen LogP contribution is 2.18. The molecule has 164 valence electrons. The zero-order valence-electron chi connectivity index (χ0n) is 17.9. The number of nitrogens with zero attached hydrogens (tertiary/aromatic N) is 9. The van der Waals surface area contributed by atoms with Gasteiger partial charge in [-0.2, -0.15) is 10.2 Å². The van der Waals surface area contributed by atoms with Crippen molar-refractivity contribution in [3.63, 3.8) is 0 Å². The summed E-state index contributed by atoms with van der Waals surface area (Å²) in [6.45, 7) is 2.55. The van der Waals surface area contributed by atoms with Gasteiger partial charge in [0.1, 0.15) is 5.69 Å². The quantitative estimate of drug-likeness (QED) is 0.463. The molecule has 0 atom stereocenters. The van der Waals surface area contributed by atoms with Gasteiger partial charge < -0.3 is 10.2 Å². The van der Waals surface area contributed by atoms with Crippen molar-refractivity contribution in [2.24, 2.45) is 0 Å². The molecule has 12 heteroatoms. The third-order valence-electron chi connectivity index (χ3n) is 4.63. The Bertz CT molecular complexity index is 1240. The van der Waals surface area contributed by atoms with Crippen molar-refractivity contribution in [2.75, 3.05) is 19.4 Å². The van der Waals surface area contributed by atoms with E-state index < -0.39 is 5.91 Å². The second kappa shape index (κ2) is 8.79. The van der Waals surface area contributed by atoms with Crippen molar-refractivity contribution in [1.82, 2.24) is 44.7 Å². The Balaban J connectivity index is 1.47. The van der Waals surface area contributed by atoms with Gasteiger partial charge in [-0.1, -0.05) is 30.3 Å². The van der Waals surface area contributed by atoms with Gasteiger partial charge in [0, 0.05) is 32.4 Å². The second-order valence-electron chi connectivity index (χ2n) is 7.11. The topological polar surface area (TPSA) is 129 Å². The number of tetrazole rings is 1. The van der Waals surface area contributed by atoms with Crippen molar-refractivity contribution in [2.45, 2.75) is 20.1 Å². The molecule has 4 rings (SSSR count). The van der Waals surface area contributed by atoms with Crippen molar-refractivity contribution in [3.05, 3.63) is 60.2 Å². The largest absolute Gasteiger partial charge is 0.343 e. The number of aryl methyl sites for hydroxylation is 1. The minimum atomic E-state index is -0.455. The maximum atomic E-state index is 12.7. The van der Waals surface area contributed by atoms with Crippen LogP contribution in [0, 0.1) is 0 Å². The number of rotatable bonds is 7. The molecule has 12 nitrogen and oxygen atoms in total. The van der Waals surface area contributed by atoms with Crippen molar-refractivity contribution in [3.8, 4) is 11.4 Å². The summed E-state index contributed by atoms with van der Waals surface area (Å²) in [5.74, 6) is -0.206. The summed E-state index contributed by atoms with van der Waals surface area (Å²) in [5, 5.41) is 23.6. The Morgan fingerprint density at radius 1 is 1.09 bits per heavy atom. The predicted molar refractivity (Wildman–Crippen MR) is 115 cm³/mol. The Labute approximate surface area is 183 Å². The average molecular weight is 434 g/mol. The lowest BCUT2D eigenvalue weighted by Crippen LogP contribution is -2.26. The third kappa shape index (κ3) is 4.24. The number of benzene rings is 1. The molecule has 0 spiro atoms. The van der Waals surface area contributed by atoms with Gasteiger partial charge in [0.2, 0.25) is 5.82 Å². The summed E-state index contributed by atoms with van der Waals surface area (Å²) in [6.07, 6.45) is 3.10. The van der Waals surface area contributed by atoms with Gasteiger partial charge in [-0.15, -0.1) is 15.0 Å². The van der Waals surface area contributed by atoms with Gasteiger partial charge in [0.25, 0.3) is 11.8 Å². The van der Waals surface area contributed by atoms with Crippen molar-refractivity contribution in [1.29, 1.82) is 0 Å². The number of carbonyl (C=O) groups excluding carboxylic acids is 2. The molecule has 32 heavy (non-hydrogen) atoms. The number of anilines is 1. The van der Waals surface area contributed by atoms with Crippen LogP contribution in [0.3, 0.4) is 0 Å². The van der Waals surface area contributed by atoms with E-state index in [0.717, 1.165) is 5.56 Å². The molecule has 0 fully saturated rings. The minimum Gasteiger partial charge on any atom is -0.343 e. The minimum absolute atomic E-state index is 0.181. The molecule has 0 aliphatic heterocycles. The fourth-order valence-corrected chi connectivity index (χ4v) is 3.04. The van der Waals surface area contributed by atoms with Crippen LogP contribution in [-0.2, 0) is 13.2 Å². The summed E-state index contributed by atoms with van der Waals surface area (Å²) in [5.41, 5.74) is 1.68. The van der Waals surface area contributed by atoms with E-state index in [1.54, 1.807) is 26.4 Å². The molecule has 3 heterocycles. The standard InChI is InChI=1S/C20H22N10O2/c1-4-29-17(20(32)27(2)3)16(12-21-29)22-19(31)15-10-11-28(24-15)13-30-25-18(23-26-30)14-8-6-5-7-9-14/h5-12H,4,13H2,1-3H3,(H,22,31). The Kier molecular flexibility index (Phi) is 5.75. The van der Waals surface area contributed by atoms with Crippen LogP contribution in [-0.4, -0.2) is 70.6 Å². The average Bonchev–Trinajstić information content (AvgIpc) is 3.54. The molecule has 2 amide bonds. The molecular weight excluding hydrogens is 412 g/mol. The number of hydrogen-bond donors (Lipinski definition) is 1. The number of carbonyl (C=O) groups is 2. The molecule has 0 aliphatic carbocycles. The highest BCUT2D eigenvalue weighted by atomic mass is 16.2. The van der Waals surface area contributed by atoms with Crippen LogP contribution in [0.2, 0.25) is 0 Å². The molecule has 0 saturated heterocycles. The molecular formula is C20H22N10O2. The Hall–Kier alpha value is -4.35. The number of nitrogens with one attached hydrogen (secondary N) is 1. The smallest absolute Gasteiger partial charge is 0.276 e. The molecule has 1 aromatic carbocycles. The van der Waals surface area contributed by atoms with E-state index in [1.165, 1.54) is 25.3 Å². The van der Waals surface area contributed by atoms with E-state index in [4.69, 9.17) is 0 Å². The fraction of sp³-hybridized carbons (Fsp3) is 0.250. The highest BCUT2D eigenvalue weighted by molar-refractivity contribution is 6.07. The van der Waals surface area contributed by atoms with E-state index in [2.05, 4.69) is 30.9 Å². The lowest BCUT2D eigenvalue weighted by Gasteiger charge is -2.13. The van der Waals surface area contributed by atoms with Crippen molar-refractivity contribution < 1.29 is 9.59 Å². The summed E-state index contributed by atoms with van der Waals surface area (Å²) < 4.78 is 3.06. The molecule has 4 aromatic rings. The Morgan fingerprint density at radius 3 is 2.59 bits per heavy atom. The van der Waals surface area contributed by atoms with Gasteiger partial charge in [-0.25, -0.2) is 4.68 Å². The van der Waals surface area contributed by atoms with Crippen LogP contribution >= 0.6 is 0 Å². The van der Waals surface area contributed by atoms with E-state index in [9.17, 15) is 9.59 Å². The first-order valence-electron chi connectivity index (χ1n) is 9.91. The molecule has 3 aromatic heterocycles. The molecule has 1 N–H and O–H groups in total. The van der Waals surface area contributed by atoms with Crippen molar-refractivity contribution >= 4 is 17.5 Å². The van der Waals surface area contributed by atoms with Crippen LogP contribution in [0.25, 0.3) is 11.4 Å². The number of aromatic nitrogens is 8. The van der Waals surface area contributed by atoms with Crippen LogP contribution in [0.15, 0.2) is 48.8 Å². The fourth-order valence-electron chi connectivity index (χ4n) is 3.04. The summed E-state index contributed by atoms with van der Waals surface area (Å²) >= 11 is 0. The Morgan fingerprint density at radius 2 is 1.88 bits per heavy atom. The van der Waals surface area contributed by atoms with E-state index >= 15 is 0 Å². The predicted octanol–water partition coefficient (Wildman–Crippen LogP) is 1.21. The van der Waals surface area contributed by atoms with Gasteiger partial charge in [-0.05, 0) is 18.2 Å². The first-order valence-corrected chi connectivity index (χ1v) is 9.91. The molecule has 0 saturated carbocycles. The van der Waals surface area contributed by atoms with Gasteiger partial charge in [0.05, 0.1) is 11.9 Å². The normalized spacial score (nSPS) is 10.8. The zero-order chi connectivity index (χ0) is 22.7. The molecule has 0 radical (unpaired) electrons. The third-order valence-corrected chi connectivity index (χ3v) is 4.63. The first-order chi connectivity index (χ1) is 15.5. The van der Waals surface area contributed by atoms with Crippen LogP contribution in [0.1, 0.15) is 27.9 Å². The SMILES string of the molecule is CCn1ncc(NC(=O)c2ccn(Cn3nnc(-c4ccccc4)n3)n2)c1C(=O)N(C)C. The zero-order valence-corrected chi connectivity index (χ0v) is 17.9. The summed E-state index contributed by atoms with van der Waals surface area (Å²) in [6, 6.07) is 11.1. The van der Waals surface area contributed by atoms with Gasteiger partial charge in [-0.3, -0.25) is 14.3 Å². The monoisotopic (exact) mass is 434 g/mol. The van der Waals surface area contributed by atoms with E-state index in [1.807, 2.05) is 37.3 Å². The molecule has 0 bridgehead atoms. The first kappa shape index (κ1) is 20.9. The summed E-state index contributed by atoms with van der Waals surface area (Å²) in [4.78, 5) is 28.0. The second-order valence-corrected chi connectivity index (χ2v) is 7.11. The lowest BCUT2D eigenvalue weighted by atomic mass is 10.2. The maximum absolute atomic E-state index is 12.7. The maximum Gasteiger partial charge on any atom is 0.276 e. The highest BCUT2D eigenvalue weighted by Gasteiger charge is 2.22. The molecule has 0 aliphatic rings. The van der Waals surface area contributed by atoms with E-state index in [-0.39, 0.29) is 18.3 Å². The van der Waals surface area contributed by atoms with Gasteiger partial charge in [0.15, 0.2) is 12.4 Å².